The second kappa shape index (κ2) is 6.20. The summed E-state index contributed by atoms with van der Waals surface area (Å²) in [5.74, 6) is -1.60. The predicted octanol–water partition coefficient (Wildman–Crippen LogP) is 1.08. The van der Waals surface area contributed by atoms with Gasteiger partial charge in [-0.15, -0.1) is 0 Å². The second-order valence-electron chi connectivity index (χ2n) is 7.30. The number of esters is 1. The minimum absolute atomic E-state index is 0.0805. The Morgan fingerprint density at radius 2 is 2.00 bits per heavy atom. The first kappa shape index (κ1) is 18.7. The number of carbonyl (C=O) groups excluding carboxylic acids is 3. The average molecular weight is 396 g/mol. The van der Waals surface area contributed by atoms with E-state index in [1.54, 1.807) is 45.0 Å². The first-order valence-electron chi connectivity index (χ1n) is 9.08. The number of ether oxygens (including phenoxy) is 1. The molecule has 9 heteroatoms. The Morgan fingerprint density at radius 1 is 1.31 bits per heavy atom. The molecule has 0 radical (unpaired) electrons. The van der Waals surface area contributed by atoms with Gasteiger partial charge in [0.2, 0.25) is 11.8 Å². The number of allylic oxidation sites excluding steroid dienone is 1. The number of anilines is 1. The van der Waals surface area contributed by atoms with Crippen molar-refractivity contribution in [1.82, 2.24) is 9.88 Å². The minimum Gasteiger partial charge on any atom is -0.460 e. The molecule has 0 bridgehead atoms. The van der Waals surface area contributed by atoms with Crippen LogP contribution in [0.5, 0.6) is 0 Å². The van der Waals surface area contributed by atoms with Crippen molar-refractivity contribution >= 4 is 23.8 Å². The highest BCUT2D eigenvalue weighted by molar-refractivity contribution is 6.14. The van der Waals surface area contributed by atoms with E-state index in [1.807, 2.05) is 0 Å². The molecule has 1 aliphatic carbocycles. The summed E-state index contributed by atoms with van der Waals surface area (Å²) in [7, 11) is 0. The number of nitrogens with two attached hydrogens (primary N) is 2. The van der Waals surface area contributed by atoms with Crippen molar-refractivity contribution in [2.45, 2.75) is 32.3 Å². The normalized spacial score (nSPS) is 19.9. The molecule has 150 valence electrons. The summed E-state index contributed by atoms with van der Waals surface area (Å²) in [5.41, 5.74) is 11.2. The number of rotatable bonds is 4. The van der Waals surface area contributed by atoms with Gasteiger partial charge in [0.1, 0.15) is 12.2 Å². The number of nitrogens with zero attached hydrogens (tertiary/aromatic N) is 2. The summed E-state index contributed by atoms with van der Waals surface area (Å²) in [6.45, 7) is 4.62. The number of primary amides is 1. The third kappa shape index (κ3) is 2.40. The molecule has 4 rings (SSSR count). The van der Waals surface area contributed by atoms with E-state index in [0.29, 0.717) is 16.9 Å². The lowest BCUT2D eigenvalue weighted by atomic mass is 9.74. The zero-order valence-electron chi connectivity index (χ0n) is 16.2. The summed E-state index contributed by atoms with van der Waals surface area (Å²) >= 11 is 0. The predicted molar refractivity (Wildman–Crippen MR) is 102 cm³/mol. The van der Waals surface area contributed by atoms with Crippen molar-refractivity contribution in [1.29, 1.82) is 0 Å². The van der Waals surface area contributed by atoms with Crippen molar-refractivity contribution in [2.75, 3.05) is 12.3 Å². The minimum atomic E-state index is -1.61. The van der Waals surface area contributed by atoms with E-state index in [-0.39, 0.29) is 29.5 Å². The van der Waals surface area contributed by atoms with Crippen LogP contribution in [0.15, 0.2) is 40.0 Å². The molecular weight excluding hydrogens is 376 g/mol. The monoisotopic (exact) mass is 396 g/mol. The first-order valence-corrected chi connectivity index (χ1v) is 9.08. The molecule has 29 heavy (non-hydrogen) atoms. The van der Waals surface area contributed by atoms with Crippen LogP contribution >= 0.6 is 0 Å². The zero-order valence-corrected chi connectivity index (χ0v) is 16.2. The van der Waals surface area contributed by atoms with Crippen LogP contribution in [0.4, 0.5) is 6.01 Å². The van der Waals surface area contributed by atoms with Crippen LogP contribution in [0.3, 0.4) is 0 Å². The summed E-state index contributed by atoms with van der Waals surface area (Å²) < 4.78 is 11.0. The van der Waals surface area contributed by atoms with Gasteiger partial charge < -0.3 is 25.5 Å². The maximum atomic E-state index is 13.8. The van der Waals surface area contributed by atoms with E-state index >= 15 is 0 Å². The molecule has 2 heterocycles. The van der Waals surface area contributed by atoms with Gasteiger partial charge in [0, 0.05) is 11.3 Å². The topological polar surface area (TPSA) is 142 Å². The Labute approximate surface area is 166 Å². The van der Waals surface area contributed by atoms with E-state index in [1.165, 1.54) is 4.90 Å². The number of carbonyl (C=O) groups is 3. The van der Waals surface area contributed by atoms with E-state index in [4.69, 9.17) is 20.6 Å². The fourth-order valence-electron chi connectivity index (χ4n) is 4.17. The second-order valence-corrected chi connectivity index (χ2v) is 7.30. The number of aromatic nitrogens is 1. The highest BCUT2D eigenvalue weighted by Crippen LogP contribution is 2.57. The van der Waals surface area contributed by atoms with Gasteiger partial charge in [-0.2, -0.15) is 4.98 Å². The number of fused-ring (bicyclic) bond motifs is 5. The Balaban J connectivity index is 2.05. The summed E-state index contributed by atoms with van der Waals surface area (Å²) in [6.07, 6.45) is -0.418. The maximum absolute atomic E-state index is 13.8. The number of benzene rings is 1. The van der Waals surface area contributed by atoms with Crippen molar-refractivity contribution in [3.63, 3.8) is 0 Å². The zero-order chi connectivity index (χ0) is 21.1. The number of hydrogen-bond acceptors (Lipinski definition) is 7. The molecule has 1 aromatic carbocycles. The Kier molecular flexibility index (Phi) is 4.00. The molecule has 1 spiro atoms. The van der Waals surface area contributed by atoms with Crippen LogP contribution in [0.1, 0.15) is 32.0 Å². The van der Waals surface area contributed by atoms with Gasteiger partial charge in [0.15, 0.2) is 11.2 Å². The van der Waals surface area contributed by atoms with Crippen LogP contribution in [0.2, 0.25) is 0 Å². The average Bonchev–Trinajstić information content (AvgIpc) is 3.20. The van der Waals surface area contributed by atoms with Gasteiger partial charge in [-0.25, -0.2) is 4.79 Å². The van der Waals surface area contributed by atoms with Crippen molar-refractivity contribution in [3.8, 4) is 11.3 Å². The highest BCUT2D eigenvalue weighted by Gasteiger charge is 2.63. The first-order chi connectivity index (χ1) is 13.7. The summed E-state index contributed by atoms with van der Waals surface area (Å²) in [6, 6.07) is 6.89. The number of hydrogen-bond donors (Lipinski definition) is 2. The number of amides is 2. The van der Waals surface area contributed by atoms with Crippen LogP contribution in [0.25, 0.3) is 11.3 Å². The fourth-order valence-corrected chi connectivity index (χ4v) is 4.17. The third-order valence-electron chi connectivity index (χ3n) is 5.14. The van der Waals surface area contributed by atoms with Gasteiger partial charge in [-0.3, -0.25) is 9.59 Å². The van der Waals surface area contributed by atoms with E-state index in [9.17, 15) is 14.4 Å². The summed E-state index contributed by atoms with van der Waals surface area (Å²) in [5, 5.41) is 0. The molecule has 1 atom stereocenters. The molecule has 2 aliphatic rings. The van der Waals surface area contributed by atoms with Crippen LogP contribution in [0, 0.1) is 0 Å². The molecule has 1 aliphatic heterocycles. The smallest absolute Gasteiger partial charge is 0.337 e. The van der Waals surface area contributed by atoms with Crippen molar-refractivity contribution in [2.24, 2.45) is 5.73 Å². The third-order valence-corrected chi connectivity index (χ3v) is 5.14. The summed E-state index contributed by atoms with van der Waals surface area (Å²) in [4.78, 5) is 44.0. The van der Waals surface area contributed by atoms with Gasteiger partial charge in [0.25, 0.3) is 6.01 Å². The Morgan fingerprint density at radius 3 is 2.66 bits per heavy atom. The lowest BCUT2D eigenvalue weighted by molar-refractivity contribution is -0.144. The van der Waals surface area contributed by atoms with Crippen molar-refractivity contribution in [3.05, 3.63) is 46.8 Å². The Bertz CT molecular complexity index is 1100. The van der Waals surface area contributed by atoms with E-state index in [0.717, 1.165) is 0 Å². The molecule has 1 unspecified atom stereocenters. The van der Waals surface area contributed by atoms with Gasteiger partial charge in [-0.05, 0) is 26.3 Å². The lowest BCUT2D eigenvalue weighted by Gasteiger charge is -2.26. The quantitative estimate of drug-likeness (QED) is 0.736. The largest absolute Gasteiger partial charge is 0.460 e. The van der Waals surface area contributed by atoms with E-state index < -0.39 is 29.3 Å². The lowest BCUT2D eigenvalue weighted by Crippen LogP contribution is -2.44. The van der Waals surface area contributed by atoms with Gasteiger partial charge in [0.05, 0.1) is 11.7 Å². The standard InChI is InChI=1S/C20H20N4O5/c1-9(2)28-17(26)14-10(3)24(8-13(21)25)18(27)20(14)12-7-5-4-6-11(12)15-16(20)23-19(22)29-15/h4-7,9H,8H2,1-3H3,(H2,21,25)(H2,22,23). The number of oxazole rings is 1. The molecular formula is C20H20N4O5. The molecule has 0 saturated heterocycles. The highest BCUT2D eigenvalue weighted by atomic mass is 16.5. The molecule has 2 aromatic rings. The fraction of sp³-hybridized carbons (Fsp3) is 0.300. The SMILES string of the molecule is CC1=C(C(=O)OC(C)C)C2(C(=O)N1CC(N)=O)c1ccccc1-c1oc(N)nc12. The maximum Gasteiger partial charge on any atom is 0.337 e. The molecule has 0 saturated carbocycles. The van der Waals surface area contributed by atoms with Gasteiger partial charge in [-0.1, -0.05) is 24.3 Å². The molecule has 0 fully saturated rings. The van der Waals surface area contributed by atoms with Crippen LogP contribution < -0.4 is 11.5 Å². The van der Waals surface area contributed by atoms with Crippen LogP contribution in [-0.4, -0.2) is 40.3 Å². The van der Waals surface area contributed by atoms with Crippen LogP contribution in [-0.2, 0) is 24.5 Å². The Hall–Kier alpha value is -3.62. The molecule has 4 N–H and O–H groups in total. The van der Waals surface area contributed by atoms with E-state index in [2.05, 4.69) is 4.98 Å². The molecule has 1 aromatic heterocycles. The van der Waals surface area contributed by atoms with Gasteiger partial charge >= 0.3 is 5.97 Å². The van der Waals surface area contributed by atoms with Crippen molar-refractivity contribution < 1.29 is 23.5 Å². The molecule has 9 nitrogen and oxygen atoms in total. The number of nitrogen functional groups attached to an aromatic ring is 1. The molecule has 2 amide bonds.